The van der Waals surface area contributed by atoms with Gasteiger partial charge < -0.3 is 49.7 Å². The molecule has 13 aromatic heterocycles. The Morgan fingerprint density at radius 3 is 1.15 bits per heavy atom. The van der Waals surface area contributed by atoms with Gasteiger partial charge in [-0.25, -0.2) is 29.6 Å². The highest BCUT2D eigenvalue weighted by Gasteiger charge is 2.28. The van der Waals surface area contributed by atoms with E-state index in [9.17, 15) is 38.7 Å². The van der Waals surface area contributed by atoms with E-state index in [0.717, 1.165) is 213 Å². The quantitative estimate of drug-likeness (QED) is 0.102. The van der Waals surface area contributed by atoms with Crippen LogP contribution in [0.4, 0.5) is 5.82 Å². The van der Waals surface area contributed by atoms with Crippen LogP contribution in [0, 0.1) is 5.92 Å². The van der Waals surface area contributed by atoms with Gasteiger partial charge in [0.1, 0.15) is 28.4 Å². The number of amides is 7. The highest BCUT2D eigenvalue weighted by molar-refractivity contribution is 6.30. The molecule has 20 rings (SSSR count). The number of anilines is 1. The highest BCUT2D eigenvalue weighted by atomic mass is 35.5. The van der Waals surface area contributed by atoms with Crippen molar-refractivity contribution in [3.05, 3.63) is 270 Å². The standard InChI is InChI=1S/C22H25N3O2.C21H23N5O2.C20H23N5O.C19H19ClN4O.C19H19N5O2/c1-22(2,27)18-6-8-19(9-7-18)25-13-10-16-14-17(15-23-20(16)25)21(26)24-11-4-3-5-12-24;1-24(2)20(27)17-11-18(14-22-12-17)26-9-6-15-10-16(13-23-19(15)26)21(28)25-7-4-3-5-8-25;1-23(2)18-7-6-17(14-21-18)25-11-8-15-12-16(13-22-19(15)25)20(26)24-9-4-3-5-10-24;1-13-4-6-23(7-5-13)19(25)14-2-3-18-15(8-14)10-22-24(18)17-9-16(20)11-21-12-17;20-17(25)14-9-16(12-21-10-14)24-7-4-13-8-15(11-22-18(13)24)19(26)23-5-2-1-3-6-23/h6-10,13-15,27H,3-5,11-12H2,1-2H3;6,9-14H,3-5,7-8H2,1-2H3;6-8,11-14H,3-5,9-10H2,1-2H3;2-3,8-13H,4-7H2,1H3;4,7-12H,1-3,5-6H2,(H2,20,25). The third kappa shape index (κ3) is 20.9. The van der Waals surface area contributed by atoms with Crippen molar-refractivity contribution in [3.63, 3.8) is 0 Å². The minimum Gasteiger partial charge on any atom is -0.386 e. The van der Waals surface area contributed by atoms with Gasteiger partial charge in [0.2, 0.25) is 5.91 Å². The van der Waals surface area contributed by atoms with Crippen LogP contribution in [0.3, 0.4) is 0 Å². The molecule has 30 nitrogen and oxygen atoms in total. The number of piperidine rings is 5. The molecular weight excluding hydrogens is 1680 g/mol. The van der Waals surface area contributed by atoms with Crippen molar-refractivity contribution in [1.29, 1.82) is 0 Å². The molecule has 0 unspecified atom stereocenters. The summed E-state index contributed by atoms with van der Waals surface area (Å²) in [5.74, 6) is 1.32. The lowest BCUT2D eigenvalue weighted by Crippen LogP contribution is -2.37. The Balaban J connectivity index is 0.000000120. The molecule has 5 fully saturated rings. The fourth-order valence-corrected chi connectivity index (χ4v) is 17.4. The van der Waals surface area contributed by atoms with Crippen LogP contribution < -0.4 is 10.6 Å². The summed E-state index contributed by atoms with van der Waals surface area (Å²) in [6.45, 7) is 14.1. The molecule has 15 aromatic rings. The van der Waals surface area contributed by atoms with Gasteiger partial charge in [-0.05, 0) is 224 Å². The topological polar surface area (TPSA) is 329 Å². The van der Waals surface area contributed by atoms with Crippen molar-refractivity contribution < 1.29 is 38.7 Å². The summed E-state index contributed by atoms with van der Waals surface area (Å²) in [5.41, 5.74) is 17.6. The van der Waals surface area contributed by atoms with E-state index in [1.165, 1.54) is 36.8 Å². The van der Waals surface area contributed by atoms with Crippen LogP contribution in [0.2, 0.25) is 5.02 Å². The van der Waals surface area contributed by atoms with Crippen LogP contribution in [0.5, 0.6) is 0 Å². The summed E-state index contributed by atoms with van der Waals surface area (Å²) in [6, 6.07) is 38.2. The normalized spacial score (nSPS) is 14.9. The molecule has 5 aliphatic heterocycles. The number of aromatic nitrogens is 14. The van der Waals surface area contributed by atoms with Crippen LogP contribution in [0.1, 0.15) is 189 Å². The number of fused-ring (bicyclic) bond motifs is 5. The number of likely N-dealkylation sites (tertiary alicyclic amines) is 5. The van der Waals surface area contributed by atoms with Gasteiger partial charge in [-0.3, -0.25) is 62.2 Å². The first-order chi connectivity index (χ1) is 63.8. The van der Waals surface area contributed by atoms with Crippen molar-refractivity contribution in [2.45, 2.75) is 116 Å². The van der Waals surface area contributed by atoms with Gasteiger partial charge in [-0.15, -0.1) is 0 Å². The molecular formula is C101H109ClN22O8. The fraction of sp³-hybridized carbons (Fsp3) is 0.327. The van der Waals surface area contributed by atoms with Crippen molar-refractivity contribution in [2.75, 3.05) is 98.5 Å². The molecule has 5 saturated heterocycles. The first-order valence-electron chi connectivity index (χ1n) is 45.2. The maximum absolute atomic E-state index is 12.7. The van der Waals surface area contributed by atoms with Crippen molar-refractivity contribution >= 4 is 114 Å². The van der Waals surface area contributed by atoms with Gasteiger partial charge in [0, 0.05) is 200 Å². The predicted molar refractivity (Wildman–Crippen MR) is 511 cm³/mol. The molecule has 3 N–H and O–H groups in total. The zero-order chi connectivity index (χ0) is 92.3. The monoisotopic (exact) mass is 1790 g/mol. The van der Waals surface area contributed by atoms with Crippen molar-refractivity contribution in [2.24, 2.45) is 11.7 Å². The fourth-order valence-electron chi connectivity index (χ4n) is 17.2. The lowest BCUT2D eigenvalue weighted by Gasteiger charge is -2.30. The van der Waals surface area contributed by atoms with E-state index >= 15 is 0 Å². The molecule has 0 atom stereocenters. The van der Waals surface area contributed by atoms with Gasteiger partial charge in [-0.1, -0.05) is 30.7 Å². The lowest BCUT2D eigenvalue weighted by atomic mass is 9.98. The number of hydrogen-bond acceptors (Lipinski definition) is 18. The Morgan fingerprint density at radius 2 is 0.750 bits per heavy atom. The van der Waals surface area contributed by atoms with Gasteiger partial charge in [-0.2, -0.15) is 5.10 Å². The molecule has 0 radical (unpaired) electrons. The Labute approximate surface area is 770 Å². The zero-order valence-electron chi connectivity index (χ0n) is 75.5. The summed E-state index contributed by atoms with van der Waals surface area (Å²) in [7, 11) is 7.36. The van der Waals surface area contributed by atoms with E-state index in [4.69, 9.17) is 17.3 Å². The van der Waals surface area contributed by atoms with Gasteiger partial charge in [0.25, 0.3) is 35.4 Å². The molecule has 132 heavy (non-hydrogen) atoms. The second-order valence-electron chi connectivity index (χ2n) is 35.2. The van der Waals surface area contributed by atoms with E-state index < -0.39 is 11.5 Å². The Hall–Kier alpha value is -14.4. The number of halogens is 1. The Kier molecular flexibility index (Phi) is 28.1. The number of nitrogens with zero attached hydrogens (tertiary/aromatic N) is 21. The number of nitrogens with two attached hydrogens (primary N) is 1. The van der Waals surface area contributed by atoms with Crippen molar-refractivity contribution in [1.82, 2.24) is 97.3 Å². The van der Waals surface area contributed by atoms with Crippen LogP contribution in [-0.4, -0.2) is 237 Å². The van der Waals surface area contributed by atoms with Crippen LogP contribution >= 0.6 is 11.6 Å². The predicted octanol–water partition coefficient (Wildman–Crippen LogP) is 15.8. The lowest BCUT2D eigenvalue weighted by molar-refractivity contribution is 0.0693. The molecule has 31 heteroatoms. The van der Waals surface area contributed by atoms with Gasteiger partial charge >= 0.3 is 0 Å². The van der Waals surface area contributed by atoms with Crippen LogP contribution in [0.25, 0.3) is 83.5 Å². The largest absolute Gasteiger partial charge is 0.386 e. The number of primary amides is 1. The number of carbonyl (C=O) groups is 7. The highest BCUT2D eigenvalue weighted by Crippen LogP contribution is 2.31. The van der Waals surface area contributed by atoms with Gasteiger partial charge in [0.15, 0.2) is 0 Å². The first-order valence-corrected chi connectivity index (χ1v) is 45.6. The van der Waals surface area contributed by atoms with E-state index in [-0.39, 0.29) is 35.4 Å². The number of carbonyl (C=O) groups excluding carboxylic acids is 7. The number of hydrogen-bond donors (Lipinski definition) is 2. The molecule has 2 aromatic carbocycles. The number of benzene rings is 2. The number of rotatable bonds is 14. The summed E-state index contributed by atoms with van der Waals surface area (Å²) in [5, 5.41) is 19.7. The first kappa shape index (κ1) is 90.9. The maximum atomic E-state index is 12.7. The summed E-state index contributed by atoms with van der Waals surface area (Å²) in [4.78, 5) is 135. The maximum Gasteiger partial charge on any atom is 0.255 e. The van der Waals surface area contributed by atoms with Crippen LogP contribution in [-0.2, 0) is 5.60 Å². The molecule has 0 spiro atoms. The second kappa shape index (κ2) is 40.7. The van der Waals surface area contributed by atoms with E-state index in [2.05, 4.69) is 51.9 Å². The van der Waals surface area contributed by atoms with E-state index in [1.807, 2.05) is 202 Å². The van der Waals surface area contributed by atoms with E-state index in [0.29, 0.717) is 61.2 Å². The minimum absolute atomic E-state index is 0.0317. The zero-order valence-corrected chi connectivity index (χ0v) is 76.2. The molecule has 0 bridgehead atoms. The molecule has 18 heterocycles. The van der Waals surface area contributed by atoms with Crippen LogP contribution in [0.15, 0.2) is 220 Å². The van der Waals surface area contributed by atoms with E-state index in [1.54, 1.807) is 107 Å². The third-order valence-corrected chi connectivity index (χ3v) is 25.0. The molecule has 0 saturated carbocycles. The molecule has 7 amide bonds. The Bertz CT molecular complexity index is 6690. The Morgan fingerprint density at radius 1 is 0.371 bits per heavy atom. The summed E-state index contributed by atoms with van der Waals surface area (Å²) < 4.78 is 9.48. The van der Waals surface area contributed by atoms with Crippen molar-refractivity contribution in [3.8, 4) is 28.4 Å². The molecule has 678 valence electrons. The van der Waals surface area contributed by atoms with Gasteiger partial charge in [0.05, 0.1) is 103 Å². The molecule has 0 aliphatic carbocycles. The second-order valence-corrected chi connectivity index (χ2v) is 35.6. The minimum atomic E-state index is -0.862. The third-order valence-electron chi connectivity index (χ3n) is 24.7. The summed E-state index contributed by atoms with van der Waals surface area (Å²) >= 11 is 6.02. The smallest absolute Gasteiger partial charge is 0.255 e. The summed E-state index contributed by atoms with van der Waals surface area (Å²) in [6.07, 6.45) is 43.0. The average molecular weight is 1790 g/mol. The number of aliphatic hydroxyl groups is 1. The number of pyridine rings is 8. The SMILES string of the molecule is CC(C)(O)c1ccc(-n2ccc3cc(C(=O)N4CCCCC4)cnc32)cc1.CC1CCN(C(=O)c2ccc3c(cnn3-c3cncc(Cl)c3)c2)CC1.CN(C)C(=O)c1cncc(-n2ccc3cc(C(=O)N4CCCCC4)cnc32)c1.CN(C)c1ccc(-n2ccc3cc(C(=O)N4CCCCC4)cnc32)cn1.NC(=O)c1cncc(-n2ccc3cc(C(=O)N4CCCCC4)cnc32)c1. The molecule has 5 aliphatic rings. The average Bonchev–Trinajstić information content (AvgIpc) is 1.65.